The number of carbonyl (C=O) groups excluding carboxylic acids is 1. The highest BCUT2D eigenvalue weighted by Crippen LogP contribution is 2.05. The van der Waals surface area contributed by atoms with Crippen molar-refractivity contribution in [3.63, 3.8) is 0 Å². The van der Waals surface area contributed by atoms with Crippen LogP contribution in [-0.4, -0.2) is 22.0 Å². The first kappa shape index (κ1) is 10.2. The van der Waals surface area contributed by atoms with Gasteiger partial charge >= 0.3 is 5.97 Å². The number of hydrogen-bond acceptors (Lipinski definition) is 3. The second kappa shape index (κ2) is 4.36. The normalized spacial score (nSPS) is 11.8. The zero-order valence-corrected chi connectivity index (χ0v) is 7.60. The molecule has 0 saturated heterocycles. The lowest BCUT2D eigenvalue weighted by molar-refractivity contribution is -0.144. The minimum absolute atomic E-state index is 0.491. The summed E-state index contributed by atoms with van der Waals surface area (Å²) in [6.45, 7) is 1.33. The van der Waals surface area contributed by atoms with E-state index in [0.717, 1.165) is 0 Å². The Morgan fingerprint density at radius 2 is 2.29 bits per heavy atom. The van der Waals surface area contributed by atoms with Crippen LogP contribution in [0.25, 0.3) is 0 Å². The van der Waals surface area contributed by atoms with Crippen molar-refractivity contribution in [1.29, 1.82) is 0 Å². The summed E-state index contributed by atoms with van der Waals surface area (Å²) >= 11 is 0. The lowest BCUT2D eigenvalue weighted by atomic mass is 10.1. The first-order valence-corrected chi connectivity index (χ1v) is 4.05. The molecule has 1 rings (SSSR count). The van der Waals surface area contributed by atoms with E-state index in [-0.39, 0.29) is 0 Å². The number of carbonyl (C=O) groups is 2. The van der Waals surface area contributed by atoms with Crippen LogP contribution in [0.1, 0.15) is 6.92 Å². The second-order valence-electron chi connectivity index (χ2n) is 2.79. The van der Waals surface area contributed by atoms with Crippen LogP contribution in [0.5, 0.6) is 0 Å². The van der Waals surface area contributed by atoms with Crippen molar-refractivity contribution in [2.45, 2.75) is 6.92 Å². The van der Waals surface area contributed by atoms with E-state index in [2.05, 4.69) is 10.3 Å². The fraction of sp³-hybridized carbons (Fsp3) is 0.222. The number of pyridine rings is 1. The summed E-state index contributed by atoms with van der Waals surface area (Å²) in [5.41, 5.74) is 0.491. The molecule has 74 valence electrons. The van der Waals surface area contributed by atoms with Gasteiger partial charge in [0.1, 0.15) is 5.92 Å². The molecule has 0 aromatic carbocycles. The maximum atomic E-state index is 11.2. The summed E-state index contributed by atoms with van der Waals surface area (Å²) in [5.74, 6) is -2.76. The van der Waals surface area contributed by atoms with Gasteiger partial charge in [0.15, 0.2) is 0 Å². The van der Waals surface area contributed by atoms with Crippen LogP contribution < -0.4 is 5.32 Å². The Kier molecular flexibility index (Phi) is 3.17. The molecule has 1 unspecified atom stereocenters. The highest BCUT2D eigenvalue weighted by atomic mass is 16.4. The first-order chi connectivity index (χ1) is 6.61. The fourth-order valence-electron chi connectivity index (χ4n) is 0.799. The molecule has 1 aromatic heterocycles. The molecule has 0 bridgehead atoms. The van der Waals surface area contributed by atoms with Crippen molar-refractivity contribution in [3.8, 4) is 0 Å². The molecular formula is C9H10N2O3. The van der Waals surface area contributed by atoms with Gasteiger partial charge in [0, 0.05) is 6.20 Å². The van der Waals surface area contributed by atoms with Gasteiger partial charge in [-0.1, -0.05) is 0 Å². The Labute approximate surface area is 80.8 Å². The van der Waals surface area contributed by atoms with E-state index in [1.807, 2.05) is 0 Å². The number of carboxylic acid groups (broad SMARTS) is 1. The van der Waals surface area contributed by atoms with E-state index in [9.17, 15) is 9.59 Å². The number of carboxylic acids is 1. The minimum Gasteiger partial charge on any atom is -0.481 e. The lowest BCUT2D eigenvalue weighted by Crippen LogP contribution is -2.26. The Morgan fingerprint density at radius 1 is 1.57 bits per heavy atom. The van der Waals surface area contributed by atoms with E-state index in [1.54, 1.807) is 18.3 Å². The molecule has 0 aliphatic rings. The van der Waals surface area contributed by atoms with Crippen molar-refractivity contribution in [3.05, 3.63) is 24.5 Å². The SMILES string of the molecule is CC(C(=O)O)C(=O)Nc1cccnc1. The molecule has 1 amide bonds. The number of aromatic nitrogens is 1. The van der Waals surface area contributed by atoms with E-state index in [4.69, 9.17) is 5.11 Å². The Bertz CT molecular complexity index is 337. The summed E-state index contributed by atoms with van der Waals surface area (Å²) in [4.78, 5) is 25.5. The van der Waals surface area contributed by atoms with Gasteiger partial charge in [0.05, 0.1) is 11.9 Å². The molecule has 5 heteroatoms. The summed E-state index contributed by atoms with van der Waals surface area (Å²) in [5, 5.41) is 11.0. The molecule has 1 atom stereocenters. The van der Waals surface area contributed by atoms with Gasteiger partial charge in [-0.25, -0.2) is 0 Å². The molecule has 1 heterocycles. The maximum Gasteiger partial charge on any atom is 0.315 e. The molecule has 14 heavy (non-hydrogen) atoms. The van der Waals surface area contributed by atoms with E-state index >= 15 is 0 Å². The molecule has 0 radical (unpaired) electrons. The minimum atomic E-state index is -1.15. The average molecular weight is 194 g/mol. The van der Waals surface area contributed by atoms with Gasteiger partial charge in [-0.15, -0.1) is 0 Å². The molecule has 2 N–H and O–H groups in total. The Hall–Kier alpha value is -1.91. The molecule has 0 aliphatic heterocycles. The zero-order chi connectivity index (χ0) is 10.6. The van der Waals surface area contributed by atoms with Crippen LogP contribution >= 0.6 is 0 Å². The highest BCUT2D eigenvalue weighted by molar-refractivity contribution is 6.03. The molecule has 0 spiro atoms. The largest absolute Gasteiger partial charge is 0.481 e. The second-order valence-corrected chi connectivity index (χ2v) is 2.79. The standard InChI is InChI=1S/C9H10N2O3/c1-6(9(13)14)8(12)11-7-3-2-4-10-5-7/h2-6H,1H3,(H,11,12)(H,13,14). The Balaban J connectivity index is 2.62. The van der Waals surface area contributed by atoms with E-state index in [1.165, 1.54) is 13.1 Å². The van der Waals surface area contributed by atoms with Gasteiger partial charge in [-0.3, -0.25) is 14.6 Å². The lowest BCUT2D eigenvalue weighted by Gasteiger charge is -2.06. The van der Waals surface area contributed by atoms with Crippen molar-refractivity contribution in [2.24, 2.45) is 5.92 Å². The molecule has 1 aromatic rings. The highest BCUT2D eigenvalue weighted by Gasteiger charge is 2.20. The van der Waals surface area contributed by atoms with Crippen molar-refractivity contribution in [2.75, 3.05) is 5.32 Å². The summed E-state index contributed by atoms with van der Waals surface area (Å²) in [7, 11) is 0. The quantitative estimate of drug-likeness (QED) is 0.695. The maximum absolute atomic E-state index is 11.2. The molecule has 0 saturated carbocycles. The average Bonchev–Trinajstić information content (AvgIpc) is 2.18. The topological polar surface area (TPSA) is 79.3 Å². The molecule has 0 fully saturated rings. The molecule has 0 aliphatic carbocycles. The number of nitrogens with one attached hydrogen (secondary N) is 1. The first-order valence-electron chi connectivity index (χ1n) is 4.05. The molecular weight excluding hydrogens is 184 g/mol. The van der Waals surface area contributed by atoms with Gasteiger partial charge in [-0.2, -0.15) is 0 Å². The van der Waals surface area contributed by atoms with Crippen LogP contribution in [0.15, 0.2) is 24.5 Å². The van der Waals surface area contributed by atoms with Crippen LogP contribution in [0.2, 0.25) is 0 Å². The van der Waals surface area contributed by atoms with Crippen LogP contribution in [0.3, 0.4) is 0 Å². The fourth-order valence-corrected chi connectivity index (χ4v) is 0.799. The number of aliphatic carboxylic acids is 1. The number of anilines is 1. The third kappa shape index (κ3) is 2.55. The van der Waals surface area contributed by atoms with Gasteiger partial charge in [0.25, 0.3) is 0 Å². The van der Waals surface area contributed by atoms with Crippen molar-refractivity contribution >= 4 is 17.6 Å². The predicted molar refractivity (Wildman–Crippen MR) is 49.7 cm³/mol. The number of nitrogens with zero attached hydrogens (tertiary/aromatic N) is 1. The van der Waals surface area contributed by atoms with Crippen molar-refractivity contribution < 1.29 is 14.7 Å². The van der Waals surface area contributed by atoms with E-state index < -0.39 is 17.8 Å². The van der Waals surface area contributed by atoms with Gasteiger partial charge in [0.2, 0.25) is 5.91 Å². The summed E-state index contributed by atoms with van der Waals surface area (Å²) < 4.78 is 0. The third-order valence-electron chi connectivity index (χ3n) is 1.69. The Morgan fingerprint density at radius 3 is 2.79 bits per heavy atom. The third-order valence-corrected chi connectivity index (χ3v) is 1.69. The van der Waals surface area contributed by atoms with E-state index in [0.29, 0.717) is 5.69 Å². The smallest absolute Gasteiger partial charge is 0.315 e. The summed E-state index contributed by atoms with van der Waals surface area (Å²) in [6.07, 6.45) is 3.02. The van der Waals surface area contributed by atoms with Gasteiger partial charge in [-0.05, 0) is 19.1 Å². The monoisotopic (exact) mass is 194 g/mol. The van der Waals surface area contributed by atoms with Crippen molar-refractivity contribution in [1.82, 2.24) is 4.98 Å². The van der Waals surface area contributed by atoms with Crippen LogP contribution in [0, 0.1) is 5.92 Å². The number of rotatable bonds is 3. The van der Waals surface area contributed by atoms with Crippen LogP contribution in [-0.2, 0) is 9.59 Å². The summed E-state index contributed by atoms with van der Waals surface area (Å²) in [6, 6.07) is 3.29. The van der Waals surface area contributed by atoms with Gasteiger partial charge < -0.3 is 10.4 Å². The van der Waals surface area contributed by atoms with Crippen LogP contribution in [0.4, 0.5) is 5.69 Å². The zero-order valence-electron chi connectivity index (χ0n) is 7.60. The molecule has 5 nitrogen and oxygen atoms in total. The number of hydrogen-bond donors (Lipinski definition) is 2. The number of amides is 1. The predicted octanol–water partition coefficient (Wildman–Crippen LogP) is 0.741.